The highest BCUT2D eigenvalue weighted by atomic mass is 32.2. The number of hydrogen-bond donors (Lipinski definition) is 1. The highest BCUT2D eigenvalue weighted by molar-refractivity contribution is 7.98. The van der Waals surface area contributed by atoms with Gasteiger partial charge in [0.05, 0.1) is 0 Å². The molecule has 3 nitrogen and oxygen atoms in total. The molecule has 0 aliphatic rings. The van der Waals surface area contributed by atoms with Gasteiger partial charge in [0.15, 0.2) is 6.10 Å². The Balaban J connectivity index is 1.75. The van der Waals surface area contributed by atoms with Crippen molar-refractivity contribution < 1.29 is 9.53 Å². The molecule has 4 heteroatoms. The average molecular weight is 372 g/mol. The molecule has 0 bridgehead atoms. The number of carbonyl (C=O) groups excluding carboxylic acids is 1. The van der Waals surface area contributed by atoms with Gasteiger partial charge in [-0.25, -0.2) is 0 Å². The summed E-state index contributed by atoms with van der Waals surface area (Å²) in [5.74, 6) is 2.61. The van der Waals surface area contributed by atoms with Crippen molar-refractivity contribution in [3.05, 3.63) is 64.7 Å². The van der Waals surface area contributed by atoms with E-state index >= 15 is 0 Å². The van der Waals surface area contributed by atoms with Gasteiger partial charge in [-0.05, 0) is 49.9 Å². The lowest BCUT2D eigenvalue weighted by molar-refractivity contribution is -0.128. The molecule has 0 unspecified atom stereocenters. The summed E-state index contributed by atoms with van der Waals surface area (Å²) < 4.78 is 5.93. The van der Waals surface area contributed by atoms with Gasteiger partial charge in [-0.3, -0.25) is 4.79 Å². The number of amides is 1. The molecule has 0 saturated carbocycles. The molecule has 1 amide bonds. The average Bonchev–Trinajstić information content (AvgIpc) is 2.62. The molecule has 1 N–H and O–H groups in total. The first-order valence-corrected chi connectivity index (χ1v) is 10.3. The Labute approximate surface area is 161 Å². The molecular formula is C22H29NO2S. The first-order valence-electron chi connectivity index (χ1n) is 9.15. The summed E-state index contributed by atoms with van der Waals surface area (Å²) >= 11 is 1.83. The van der Waals surface area contributed by atoms with Crippen LogP contribution in [0.15, 0.2) is 42.5 Å². The number of hydrogen-bond acceptors (Lipinski definition) is 3. The van der Waals surface area contributed by atoms with Crippen molar-refractivity contribution in [2.45, 2.75) is 46.0 Å². The smallest absolute Gasteiger partial charge is 0.261 e. The van der Waals surface area contributed by atoms with E-state index in [1.54, 1.807) is 0 Å². The van der Waals surface area contributed by atoms with E-state index in [2.05, 4.69) is 49.5 Å². The molecule has 0 radical (unpaired) electrons. The van der Waals surface area contributed by atoms with E-state index in [-0.39, 0.29) is 5.91 Å². The van der Waals surface area contributed by atoms with Crippen molar-refractivity contribution in [3.8, 4) is 5.75 Å². The van der Waals surface area contributed by atoms with Gasteiger partial charge in [0, 0.05) is 18.1 Å². The normalized spacial score (nSPS) is 11.8. The monoisotopic (exact) mass is 371 g/mol. The van der Waals surface area contributed by atoms with E-state index < -0.39 is 6.10 Å². The number of rotatable bonds is 9. The Hall–Kier alpha value is -1.94. The first-order chi connectivity index (χ1) is 12.5. The third kappa shape index (κ3) is 6.10. The second kappa shape index (κ2) is 10.3. The zero-order valence-corrected chi connectivity index (χ0v) is 17.0. The van der Waals surface area contributed by atoms with Crippen molar-refractivity contribution in [1.82, 2.24) is 5.32 Å². The molecule has 1 atom stereocenters. The summed E-state index contributed by atoms with van der Waals surface area (Å²) in [7, 11) is 0. The van der Waals surface area contributed by atoms with Crippen LogP contribution in [0.3, 0.4) is 0 Å². The summed E-state index contributed by atoms with van der Waals surface area (Å²) in [6.07, 6.45) is 0.202. The van der Waals surface area contributed by atoms with Crippen LogP contribution in [0, 0.1) is 20.8 Å². The predicted molar refractivity (Wildman–Crippen MR) is 111 cm³/mol. The van der Waals surface area contributed by atoms with Gasteiger partial charge in [-0.1, -0.05) is 48.9 Å². The molecule has 0 aromatic heterocycles. The van der Waals surface area contributed by atoms with Gasteiger partial charge in [-0.15, -0.1) is 0 Å². The summed E-state index contributed by atoms with van der Waals surface area (Å²) in [4.78, 5) is 12.4. The van der Waals surface area contributed by atoms with Gasteiger partial charge < -0.3 is 10.1 Å². The molecule has 0 saturated heterocycles. The molecule has 0 aliphatic heterocycles. The van der Waals surface area contributed by atoms with Crippen LogP contribution in [-0.4, -0.2) is 24.3 Å². The number of carbonyl (C=O) groups is 1. The molecule has 2 aromatic carbocycles. The molecule has 0 heterocycles. The largest absolute Gasteiger partial charge is 0.480 e. The van der Waals surface area contributed by atoms with Gasteiger partial charge in [0.25, 0.3) is 5.91 Å². The lowest BCUT2D eigenvalue weighted by atomic mass is 10.1. The zero-order chi connectivity index (χ0) is 18.9. The van der Waals surface area contributed by atoms with E-state index in [0.29, 0.717) is 13.0 Å². The minimum atomic E-state index is -0.447. The summed E-state index contributed by atoms with van der Waals surface area (Å²) in [6.45, 7) is 8.82. The van der Waals surface area contributed by atoms with Crippen LogP contribution in [0.25, 0.3) is 0 Å². The van der Waals surface area contributed by atoms with Gasteiger partial charge >= 0.3 is 0 Å². The molecule has 140 valence electrons. The van der Waals surface area contributed by atoms with Crippen LogP contribution in [0.1, 0.15) is 35.6 Å². The number of benzene rings is 2. The number of nitrogens with one attached hydrogen (secondary N) is 1. The summed E-state index contributed by atoms with van der Waals surface area (Å²) in [5, 5.41) is 3.00. The van der Waals surface area contributed by atoms with Crippen LogP contribution >= 0.6 is 11.8 Å². The Morgan fingerprint density at radius 1 is 1.12 bits per heavy atom. The van der Waals surface area contributed by atoms with E-state index in [1.165, 1.54) is 16.7 Å². The minimum absolute atomic E-state index is 0.0380. The summed E-state index contributed by atoms with van der Waals surface area (Å²) in [6, 6.07) is 14.4. The van der Waals surface area contributed by atoms with Gasteiger partial charge in [0.2, 0.25) is 0 Å². The zero-order valence-electron chi connectivity index (χ0n) is 16.2. The number of aryl methyl sites for hydroxylation is 3. The Morgan fingerprint density at radius 3 is 2.58 bits per heavy atom. The van der Waals surface area contributed by atoms with Crippen LogP contribution in [0.4, 0.5) is 0 Å². The topological polar surface area (TPSA) is 38.3 Å². The lowest BCUT2D eigenvalue weighted by Gasteiger charge is -2.19. The molecule has 0 aliphatic carbocycles. The number of ether oxygens (including phenoxy) is 1. The van der Waals surface area contributed by atoms with E-state index in [1.807, 2.05) is 37.7 Å². The molecular weight excluding hydrogens is 342 g/mol. The minimum Gasteiger partial charge on any atom is -0.480 e. The fraction of sp³-hybridized carbons (Fsp3) is 0.409. The van der Waals surface area contributed by atoms with Gasteiger partial charge in [0.1, 0.15) is 5.75 Å². The maximum absolute atomic E-state index is 12.4. The Morgan fingerprint density at radius 2 is 1.88 bits per heavy atom. The Bertz CT molecular complexity index is 730. The van der Waals surface area contributed by atoms with Crippen molar-refractivity contribution in [1.29, 1.82) is 0 Å². The molecule has 26 heavy (non-hydrogen) atoms. The molecule has 0 spiro atoms. The molecule has 0 fully saturated rings. The highest BCUT2D eigenvalue weighted by Gasteiger charge is 2.18. The SMILES string of the molecule is CC[C@@H](Oc1ccc(C)cc1C)C(=O)NCCSCc1ccccc1C. The van der Waals surface area contributed by atoms with E-state index in [4.69, 9.17) is 4.74 Å². The molecule has 2 rings (SSSR count). The lowest BCUT2D eigenvalue weighted by Crippen LogP contribution is -2.39. The van der Waals surface area contributed by atoms with Crippen LogP contribution < -0.4 is 10.1 Å². The summed E-state index contributed by atoms with van der Waals surface area (Å²) in [5.41, 5.74) is 4.92. The number of thioether (sulfide) groups is 1. The van der Waals surface area contributed by atoms with E-state index in [9.17, 15) is 4.79 Å². The second-order valence-electron chi connectivity index (χ2n) is 6.55. The van der Waals surface area contributed by atoms with Crippen LogP contribution in [0.5, 0.6) is 5.75 Å². The highest BCUT2D eigenvalue weighted by Crippen LogP contribution is 2.21. The maximum Gasteiger partial charge on any atom is 0.261 e. The van der Waals surface area contributed by atoms with Crippen molar-refractivity contribution >= 4 is 17.7 Å². The molecule has 2 aromatic rings. The second-order valence-corrected chi connectivity index (χ2v) is 7.66. The standard InChI is InChI=1S/C22H29NO2S/c1-5-20(25-21-11-10-16(2)14-18(21)4)22(24)23-12-13-26-15-19-9-7-6-8-17(19)3/h6-11,14,20H,5,12-13,15H2,1-4H3,(H,23,24)/t20-/m1/s1. The predicted octanol–water partition coefficient (Wildman–Crippen LogP) is 4.82. The van der Waals surface area contributed by atoms with Crippen molar-refractivity contribution in [2.75, 3.05) is 12.3 Å². The van der Waals surface area contributed by atoms with E-state index in [0.717, 1.165) is 22.8 Å². The van der Waals surface area contributed by atoms with Crippen LogP contribution in [0.2, 0.25) is 0 Å². The quantitative estimate of drug-likeness (QED) is 0.642. The van der Waals surface area contributed by atoms with Gasteiger partial charge in [-0.2, -0.15) is 11.8 Å². The fourth-order valence-electron chi connectivity index (χ4n) is 2.72. The first kappa shape index (κ1) is 20.4. The third-order valence-electron chi connectivity index (χ3n) is 4.33. The Kier molecular flexibility index (Phi) is 8.05. The van der Waals surface area contributed by atoms with Crippen molar-refractivity contribution in [3.63, 3.8) is 0 Å². The van der Waals surface area contributed by atoms with Crippen LogP contribution in [-0.2, 0) is 10.5 Å². The third-order valence-corrected chi connectivity index (χ3v) is 5.34. The van der Waals surface area contributed by atoms with Crippen molar-refractivity contribution in [2.24, 2.45) is 0 Å². The maximum atomic E-state index is 12.4. The fourth-order valence-corrected chi connectivity index (χ4v) is 3.66.